The summed E-state index contributed by atoms with van der Waals surface area (Å²) in [6.45, 7) is 5.23. The Bertz CT molecular complexity index is 213. The average Bonchev–Trinajstić information content (AvgIpc) is 2.35. The Hall–Kier alpha value is -0.610. The number of methoxy groups -OCH3 is 1. The predicted octanol–water partition coefficient (Wildman–Crippen LogP) is 0.869. The molecule has 0 saturated carbocycles. The summed E-state index contributed by atoms with van der Waals surface area (Å²) in [5, 5.41) is 3.01. The van der Waals surface area contributed by atoms with E-state index in [-0.39, 0.29) is 12.0 Å². The number of likely N-dealkylation sites (tertiary alicyclic amines) is 1. The normalized spacial score (nSPS) is 20.7. The van der Waals surface area contributed by atoms with Gasteiger partial charge in [0.2, 0.25) is 0 Å². The first-order valence-electron chi connectivity index (χ1n) is 6.18. The van der Waals surface area contributed by atoms with Crippen LogP contribution in [0, 0.1) is 5.92 Å². The zero-order valence-corrected chi connectivity index (χ0v) is 10.7. The summed E-state index contributed by atoms with van der Waals surface area (Å²) in [5.74, 6) is 0.711. The van der Waals surface area contributed by atoms with Crippen LogP contribution in [0.5, 0.6) is 0 Å². The summed E-state index contributed by atoms with van der Waals surface area (Å²) in [5.41, 5.74) is 0. The number of esters is 1. The molecule has 0 aromatic rings. The molecule has 1 unspecified atom stereocenters. The molecule has 94 valence electrons. The molecule has 0 aromatic carbocycles. The zero-order valence-electron chi connectivity index (χ0n) is 10.7. The van der Waals surface area contributed by atoms with E-state index in [9.17, 15) is 4.79 Å². The molecular formula is C12H24N2O2. The average molecular weight is 228 g/mol. The van der Waals surface area contributed by atoms with Crippen molar-refractivity contribution < 1.29 is 9.53 Å². The SMILES string of the molecule is CCC1CCN(CC(NC)C(=O)OC)CC1. The van der Waals surface area contributed by atoms with Gasteiger partial charge < -0.3 is 15.0 Å². The van der Waals surface area contributed by atoms with Crippen molar-refractivity contribution in [1.29, 1.82) is 0 Å². The molecule has 0 amide bonds. The number of hydrogen-bond donors (Lipinski definition) is 1. The maximum Gasteiger partial charge on any atom is 0.324 e. The summed E-state index contributed by atoms with van der Waals surface area (Å²) in [6.07, 6.45) is 3.79. The second-order valence-corrected chi connectivity index (χ2v) is 4.52. The van der Waals surface area contributed by atoms with Crippen molar-refractivity contribution >= 4 is 5.97 Å². The van der Waals surface area contributed by atoms with Crippen molar-refractivity contribution in [2.24, 2.45) is 5.92 Å². The van der Waals surface area contributed by atoms with Gasteiger partial charge in [-0.25, -0.2) is 0 Å². The Kier molecular flexibility index (Phi) is 5.77. The third-order valence-corrected chi connectivity index (χ3v) is 3.56. The second-order valence-electron chi connectivity index (χ2n) is 4.52. The molecule has 1 heterocycles. The van der Waals surface area contributed by atoms with Crippen molar-refractivity contribution in [2.75, 3.05) is 33.8 Å². The minimum Gasteiger partial charge on any atom is -0.468 e. The van der Waals surface area contributed by atoms with Crippen LogP contribution in [0.3, 0.4) is 0 Å². The van der Waals surface area contributed by atoms with Gasteiger partial charge in [0.25, 0.3) is 0 Å². The van der Waals surface area contributed by atoms with Gasteiger partial charge in [-0.05, 0) is 38.9 Å². The number of carbonyl (C=O) groups excluding carboxylic acids is 1. The van der Waals surface area contributed by atoms with E-state index in [0.29, 0.717) is 0 Å². The highest BCUT2D eigenvalue weighted by Gasteiger charge is 2.23. The maximum atomic E-state index is 11.4. The van der Waals surface area contributed by atoms with Gasteiger partial charge >= 0.3 is 5.97 Å². The van der Waals surface area contributed by atoms with Crippen molar-refractivity contribution in [3.63, 3.8) is 0 Å². The maximum absolute atomic E-state index is 11.4. The molecule has 4 heteroatoms. The predicted molar refractivity (Wildman–Crippen MR) is 64.3 cm³/mol. The first kappa shape index (κ1) is 13.5. The molecule has 4 nitrogen and oxygen atoms in total. The van der Waals surface area contributed by atoms with E-state index in [1.807, 2.05) is 0 Å². The minimum absolute atomic E-state index is 0.167. The molecule has 1 fully saturated rings. The van der Waals surface area contributed by atoms with Gasteiger partial charge in [-0.2, -0.15) is 0 Å². The quantitative estimate of drug-likeness (QED) is 0.709. The lowest BCUT2D eigenvalue weighted by Crippen LogP contribution is -2.47. The fourth-order valence-corrected chi connectivity index (χ4v) is 2.26. The van der Waals surface area contributed by atoms with Crippen molar-refractivity contribution in [1.82, 2.24) is 10.2 Å². The fraction of sp³-hybridized carbons (Fsp3) is 0.917. The Balaban J connectivity index is 2.34. The lowest BCUT2D eigenvalue weighted by atomic mass is 9.94. The third-order valence-electron chi connectivity index (χ3n) is 3.56. The molecule has 1 saturated heterocycles. The molecule has 0 radical (unpaired) electrons. The minimum atomic E-state index is -0.192. The van der Waals surface area contributed by atoms with Gasteiger partial charge in [-0.3, -0.25) is 4.79 Å². The van der Waals surface area contributed by atoms with Crippen molar-refractivity contribution in [2.45, 2.75) is 32.2 Å². The Labute approximate surface area is 98.3 Å². The van der Waals surface area contributed by atoms with Crippen LogP contribution in [0.4, 0.5) is 0 Å². The van der Waals surface area contributed by atoms with Crippen LogP contribution in [0.2, 0.25) is 0 Å². The van der Waals surface area contributed by atoms with Crippen LogP contribution in [-0.4, -0.2) is 50.7 Å². The lowest BCUT2D eigenvalue weighted by molar-refractivity contribution is -0.143. The van der Waals surface area contributed by atoms with E-state index in [0.717, 1.165) is 25.6 Å². The van der Waals surface area contributed by atoms with Gasteiger partial charge in [0.05, 0.1) is 7.11 Å². The molecule has 0 aliphatic carbocycles. The van der Waals surface area contributed by atoms with E-state index < -0.39 is 0 Å². The number of rotatable bonds is 5. The summed E-state index contributed by atoms with van der Waals surface area (Å²) in [4.78, 5) is 13.8. The van der Waals surface area contributed by atoms with E-state index in [2.05, 4.69) is 17.1 Å². The number of piperidine rings is 1. The molecule has 1 rings (SSSR count). The first-order chi connectivity index (χ1) is 7.71. The number of ether oxygens (including phenoxy) is 1. The Morgan fingerprint density at radius 3 is 2.56 bits per heavy atom. The van der Waals surface area contributed by atoms with Crippen LogP contribution in [0.15, 0.2) is 0 Å². The number of likely N-dealkylation sites (N-methyl/N-ethyl adjacent to an activating group) is 1. The fourth-order valence-electron chi connectivity index (χ4n) is 2.26. The van der Waals surface area contributed by atoms with E-state index in [1.54, 1.807) is 7.05 Å². The molecule has 1 aliphatic rings. The number of nitrogens with one attached hydrogen (secondary N) is 1. The molecule has 16 heavy (non-hydrogen) atoms. The Morgan fingerprint density at radius 1 is 1.50 bits per heavy atom. The molecule has 1 aliphatic heterocycles. The van der Waals surface area contributed by atoms with Crippen LogP contribution in [-0.2, 0) is 9.53 Å². The van der Waals surface area contributed by atoms with Gasteiger partial charge in [0, 0.05) is 6.54 Å². The molecule has 0 aromatic heterocycles. The van der Waals surface area contributed by atoms with Crippen molar-refractivity contribution in [3.05, 3.63) is 0 Å². The molecule has 0 spiro atoms. The Morgan fingerprint density at radius 2 is 2.12 bits per heavy atom. The lowest BCUT2D eigenvalue weighted by Gasteiger charge is -2.33. The van der Waals surface area contributed by atoms with Crippen LogP contribution in [0.25, 0.3) is 0 Å². The molecule has 0 bridgehead atoms. The molecular weight excluding hydrogens is 204 g/mol. The van der Waals surface area contributed by atoms with Crippen LogP contribution < -0.4 is 5.32 Å². The highest BCUT2D eigenvalue weighted by molar-refractivity contribution is 5.75. The van der Waals surface area contributed by atoms with E-state index in [4.69, 9.17) is 4.74 Å². The molecule has 1 N–H and O–H groups in total. The van der Waals surface area contributed by atoms with Gasteiger partial charge in [-0.1, -0.05) is 13.3 Å². The van der Waals surface area contributed by atoms with Crippen LogP contribution >= 0.6 is 0 Å². The smallest absolute Gasteiger partial charge is 0.324 e. The number of nitrogens with zero attached hydrogens (tertiary/aromatic N) is 1. The largest absolute Gasteiger partial charge is 0.468 e. The topological polar surface area (TPSA) is 41.6 Å². The number of carbonyl (C=O) groups is 1. The number of hydrogen-bond acceptors (Lipinski definition) is 4. The van der Waals surface area contributed by atoms with E-state index >= 15 is 0 Å². The standard InChI is InChI=1S/C12H24N2O2/c1-4-10-5-7-14(8-6-10)9-11(13-2)12(15)16-3/h10-11,13H,4-9H2,1-3H3. The highest BCUT2D eigenvalue weighted by Crippen LogP contribution is 2.19. The van der Waals surface area contributed by atoms with Crippen LogP contribution in [0.1, 0.15) is 26.2 Å². The molecule has 1 atom stereocenters. The van der Waals surface area contributed by atoms with Gasteiger partial charge in [0.1, 0.15) is 6.04 Å². The third kappa shape index (κ3) is 3.76. The monoisotopic (exact) mass is 228 g/mol. The highest BCUT2D eigenvalue weighted by atomic mass is 16.5. The second kappa shape index (κ2) is 6.86. The zero-order chi connectivity index (χ0) is 12.0. The first-order valence-corrected chi connectivity index (χ1v) is 6.18. The summed E-state index contributed by atoms with van der Waals surface area (Å²) >= 11 is 0. The summed E-state index contributed by atoms with van der Waals surface area (Å²) in [6, 6.07) is -0.192. The van der Waals surface area contributed by atoms with E-state index in [1.165, 1.54) is 26.4 Å². The summed E-state index contributed by atoms with van der Waals surface area (Å²) < 4.78 is 4.76. The summed E-state index contributed by atoms with van der Waals surface area (Å²) in [7, 11) is 3.25. The van der Waals surface area contributed by atoms with Gasteiger partial charge in [-0.15, -0.1) is 0 Å². The van der Waals surface area contributed by atoms with Gasteiger partial charge in [0.15, 0.2) is 0 Å². The van der Waals surface area contributed by atoms with Crippen molar-refractivity contribution in [3.8, 4) is 0 Å².